The lowest BCUT2D eigenvalue weighted by atomic mass is 9.94. The fourth-order valence-electron chi connectivity index (χ4n) is 2.40. The van der Waals surface area contributed by atoms with Crippen LogP contribution in [-0.4, -0.2) is 16.0 Å². The molecule has 0 saturated carbocycles. The van der Waals surface area contributed by atoms with Gasteiger partial charge in [0, 0.05) is 12.0 Å². The van der Waals surface area contributed by atoms with Gasteiger partial charge in [-0.3, -0.25) is 4.79 Å². The Morgan fingerprint density at radius 2 is 1.75 bits per heavy atom. The first-order chi connectivity index (χ1) is 9.52. The first kappa shape index (κ1) is 14.4. The highest BCUT2D eigenvalue weighted by Gasteiger charge is 2.15. The second-order valence-corrected chi connectivity index (χ2v) is 5.17. The molecule has 0 radical (unpaired) electrons. The molecule has 20 heavy (non-hydrogen) atoms. The molecule has 0 saturated heterocycles. The van der Waals surface area contributed by atoms with E-state index in [4.69, 9.17) is 0 Å². The number of ketones is 1. The minimum Gasteiger partial charge on any atom is -0.294 e. The molecule has 0 bridgehead atoms. The first-order valence-corrected chi connectivity index (χ1v) is 6.94. The minimum absolute atomic E-state index is 0.122. The lowest BCUT2D eigenvalue weighted by Gasteiger charge is -2.10. The van der Waals surface area contributed by atoms with Crippen molar-refractivity contribution in [2.45, 2.75) is 40.5 Å². The van der Waals surface area contributed by atoms with E-state index in [1.165, 1.54) is 0 Å². The fourth-order valence-corrected chi connectivity index (χ4v) is 2.40. The standard InChI is InChI=1S/C17H20N2O/c1-5-16-15(9-13(4)18-19-16)17(20)10-14-11(2)7-6-8-12(14)3/h6-9H,5,10H2,1-4H3. The first-order valence-electron chi connectivity index (χ1n) is 6.94. The van der Waals surface area contributed by atoms with Gasteiger partial charge in [-0.15, -0.1) is 0 Å². The van der Waals surface area contributed by atoms with Crippen molar-refractivity contribution in [3.8, 4) is 0 Å². The Labute approximate surface area is 120 Å². The van der Waals surface area contributed by atoms with Gasteiger partial charge in [0.05, 0.1) is 11.4 Å². The zero-order valence-corrected chi connectivity index (χ0v) is 12.5. The van der Waals surface area contributed by atoms with Crippen molar-refractivity contribution in [3.05, 3.63) is 57.9 Å². The molecule has 0 amide bonds. The minimum atomic E-state index is 0.122. The third kappa shape index (κ3) is 2.93. The Bertz CT molecular complexity index is 627. The van der Waals surface area contributed by atoms with Gasteiger partial charge in [0.15, 0.2) is 5.78 Å². The predicted octanol–water partition coefficient (Wildman–Crippen LogP) is 3.39. The van der Waals surface area contributed by atoms with E-state index < -0.39 is 0 Å². The summed E-state index contributed by atoms with van der Waals surface area (Å²) in [4.78, 5) is 12.6. The summed E-state index contributed by atoms with van der Waals surface area (Å²) in [6.45, 7) is 7.95. The quantitative estimate of drug-likeness (QED) is 0.798. The number of carbonyl (C=O) groups is 1. The smallest absolute Gasteiger partial charge is 0.169 e. The van der Waals surface area contributed by atoms with Crippen LogP contribution in [-0.2, 0) is 12.8 Å². The van der Waals surface area contributed by atoms with Gasteiger partial charge in [-0.2, -0.15) is 10.2 Å². The molecule has 3 nitrogen and oxygen atoms in total. The summed E-state index contributed by atoms with van der Waals surface area (Å²) in [5.41, 5.74) is 5.72. The Morgan fingerprint density at radius 3 is 2.35 bits per heavy atom. The summed E-state index contributed by atoms with van der Waals surface area (Å²) in [5.74, 6) is 0.122. The SMILES string of the molecule is CCc1nnc(C)cc1C(=O)Cc1c(C)cccc1C. The van der Waals surface area contributed by atoms with E-state index in [0.29, 0.717) is 12.0 Å². The third-order valence-electron chi connectivity index (χ3n) is 3.61. The molecule has 2 rings (SSSR count). The van der Waals surface area contributed by atoms with E-state index in [0.717, 1.165) is 34.5 Å². The number of hydrogen-bond acceptors (Lipinski definition) is 3. The van der Waals surface area contributed by atoms with E-state index in [1.54, 1.807) is 0 Å². The van der Waals surface area contributed by atoms with Crippen LogP contribution < -0.4 is 0 Å². The maximum Gasteiger partial charge on any atom is 0.169 e. The summed E-state index contributed by atoms with van der Waals surface area (Å²) in [6.07, 6.45) is 1.15. The van der Waals surface area contributed by atoms with Gasteiger partial charge in [-0.25, -0.2) is 0 Å². The molecule has 1 aromatic heterocycles. The number of rotatable bonds is 4. The zero-order valence-electron chi connectivity index (χ0n) is 12.5. The van der Waals surface area contributed by atoms with E-state index in [2.05, 4.69) is 10.2 Å². The number of nitrogens with zero attached hydrogens (tertiary/aromatic N) is 2. The molecule has 1 heterocycles. The van der Waals surface area contributed by atoms with Crippen LogP contribution in [0.15, 0.2) is 24.3 Å². The molecule has 0 spiro atoms. The largest absolute Gasteiger partial charge is 0.294 e. The van der Waals surface area contributed by atoms with Crippen LogP contribution in [0.4, 0.5) is 0 Å². The molecule has 3 heteroatoms. The highest BCUT2D eigenvalue weighted by Crippen LogP contribution is 2.18. The summed E-state index contributed by atoms with van der Waals surface area (Å²) in [7, 11) is 0. The van der Waals surface area contributed by atoms with Gasteiger partial charge in [0.1, 0.15) is 0 Å². The molecule has 1 aromatic carbocycles. The van der Waals surface area contributed by atoms with Crippen molar-refractivity contribution in [1.82, 2.24) is 10.2 Å². The molecular formula is C17H20N2O. The Kier molecular flexibility index (Phi) is 4.28. The number of Topliss-reactive ketones (excluding diaryl/α,β-unsaturated/α-hetero) is 1. The average molecular weight is 268 g/mol. The average Bonchev–Trinajstić information content (AvgIpc) is 2.43. The summed E-state index contributed by atoms with van der Waals surface area (Å²) in [6, 6.07) is 7.97. The maximum atomic E-state index is 12.6. The molecule has 0 aliphatic carbocycles. The van der Waals surface area contributed by atoms with E-state index in [-0.39, 0.29) is 5.78 Å². The topological polar surface area (TPSA) is 42.9 Å². The number of benzene rings is 1. The lowest BCUT2D eigenvalue weighted by Crippen LogP contribution is -2.11. The highest BCUT2D eigenvalue weighted by molar-refractivity contribution is 5.98. The highest BCUT2D eigenvalue weighted by atomic mass is 16.1. The zero-order chi connectivity index (χ0) is 14.7. The van der Waals surface area contributed by atoms with Gasteiger partial charge in [0.25, 0.3) is 0 Å². The molecule has 104 valence electrons. The van der Waals surface area contributed by atoms with Crippen molar-refractivity contribution in [1.29, 1.82) is 0 Å². The van der Waals surface area contributed by atoms with Gasteiger partial charge < -0.3 is 0 Å². The molecular weight excluding hydrogens is 248 g/mol. The van der Waals surface area contributed by atoms with Crippen molar-refractivity contribution < 1.29 is 4.79 Å². The van der Waals surface area contributed by atoms with Crippen molar-refractivity contribution in [3.63, 3.8) is 0 Å². The van der Waals surface area contributed by atoms with Gasteiger partial charge in [0.2, 0.25) is 0 Å². The summed E-state index contributed by atoms with van der Waals surface area (Å²) >= 11 is 0. The Morgan fingerprint density at radius 1 is 1.10 bits per heavy atom. The molecule has 0 unspecified atom stereocenters. The molecule has 0 atom stereocenters. The number of aryl methyl sites for hydroxylation is 4. The van der Waals surface area contributed by atoms with Crippen molar-refractivity contribution in [2.75, 3.05) is 0 Å². The van der Waals surface area contributed by atoms with Crippen LogP contribution in [0, 0.1) is 20.8 Å². The normalized spacial score (nSPS) is 10.6. The maximum absolute atomic E-state index is 12.6. The Balaban J connectivity index is 2.35. The lowest BCUT2D eigenvalue weighted by molar-refractivity contribution is 0.0991. The second kappa shape index (κ2) is 5.95. The van der Waals surface area contributed by atoms with Crippen LogP contribution >= 0.6 is 0 Å². The van der Waals surface area contributed by atoms with Gasteiger partial charge >= 0.3 is 0 Å². The van der Waals surface area contributed by atoms with Crippen molar-refractivity contribution >= 4 is 5.78 Å². The van der Waals surface area contributed by atoms with Gasteiger partial charge in [-0.1, -0.05) is 25.1 Å². The van der Waals surface area contributed by atoms with E-state index in [9.17, 15) is 4.79 Å². The molecule has 0 aliphatic rings. The van der Waals surface area contributed by atoms with E-state index >= 15 is 0 Å². The monoisotopic (exact) mass is 268 g/mol. The van der Waals surface area contributed by atoms with Crippen LogP contribution in [0.5, 0.6) is 0 Å². The summed E-state index contributed by atoms with van der Waals surface area (Å²) in [5, 5.41) is 8.17. The number of carbonyl (C=O) groups excluding carboxylic acids is 1. The van der Waals surface area contributed by atoms with Gasteiger partial charge in [-0.05, 0) is 49.9 Å². The summed E-state index contributed by atoms with van der Waals surface area (Å²) < 4.78 is 0. The van der Waals surface area contributed by atoms with Crippen LogP contribution in [0.3, 0.4) is 0 Å². The fraction of sp³-hybridized carbons (Fsp3) is 0.353. The molecule has 0 fully saturated rings. The Hall–Kier alpha value is -2.03. The molecule has 0 aliphatic heterocycles. The van der Waals surface area contributed by atoms with Crippen LogP contribution in [0.2, 0.25) is 0 Å². The van der Waals surface area contributed by atoms with Crippen LogP contribution in [0.25, 0.3) is 0 Å². The number of aromatic nitrogens is 2. The van der Waals surface area contributed by atoms with Crippen molar-refractivity contribution in [2.24, 2.45) is 0 Å². The number of hydrogen-bond donors (Lipinski definition) is 0. The van der Waals surface area contributed by atoms with E-state index in [1.807, 2.05) is 52.0 Å². The molecule has 0 N–H and O–H groups in total. The predicted molar refractivity (Wildman–Crippen MR) is 80.1 cm³/mol. The third-order valence-corrected chi connectivity index (χ3v) is 3.61. The molecule has 2 aromatic rings. The second-order valence-electron chi connectivity index (χ2n) is 5.17. The van der Waals surface area contributed by atoms with Crippen LogP contribution in [0.1, 0.15) is 45.4 Å².